The van der Waals surface area contributed by atoms with Gasteiger partial charge in [0.1, 0.15) is 5.69 Å². The van der Waals surface area contributed by atoms with Gasteiger partial charge in [-0.3, -0.25) is 14.0 Å². The van der Waals surface area contributed by atoms with E-state index in [1.54, 1.807) is 11.6 Å². The normalized spacial score (nSPS) is 16.5. The minimum absolute atomic E-state index is 0.145. The van der Waals surface area contributed by atoms with E-state index in [0.717, 1.165) is 37.7 Å². The molecule has 1 fully saturated rings. The van der Waals surface area contributed by atoms with Crippen LogP contribution in [-0.4, -0.2) is 15.3 Å². The number of nitrogens with zero attached hydrogens (tertiary/aromatic N) is 2. The zero-order valence-electron chi connectivity index (χ0n) is 14.1. The van der Waals surface area contributed by atoms with E-state index in [9.17, 15) is 9.59 Å². The monoisotopic (exact) mass is 387 g/mol. The summed E-state index contributed by atoms with van der Waals surface area (Å²) in [6, 6.07) is 7.46. The van der Waals surface area contributed by atoms with Crippen molar-refractivity contribution in [2.24, 2.45) is 0 Å². The standard InChI is InChI=1S/C19H18ClN3O2S/c20-14-6-4-13(5-7-14)19(8-2-1-3-9-19)17(25)22-15-12-21-18-23(16(15)24)10-11-26-18/h4-7,10-12H,1-3,8-9H2,(H,22,25). The Labute approximate surface area is 159 Å². The van der Waals surface area contributed by atoms with E-state index in [1.807, 2.05) is 24.3 Å². The van der Waals surface area contributed by atoms with Gasteiger partial charge in [0.25, 0.3) is 5.56 Å². The van der Waals surface area contributed by atoms with Gasteiger partial charge in [0.05, 0.1) is 11.6 Å². The van der Waals surface area contributed by atoms with Crippen molar-refractivity contribution in [2.75, 3.05) is 5.32 Å². The summed E-state index contributed by atoms with van der Waals surface area (Å²) in [6.07, 6.45) is 7.72. The molecule has 2 heterocycles. The summed E-state index contributed by atoms with van der Waals surface area (Å²) < 4.78 is 1.45. The van der Waals surface area contributed by atoms with Crippen molar-refractivity contribution in [1.82, 2.24) is 9.38 Å². The molecule has 0 aliphatic heterocycles. The Morgan fingerprint density at radius 1 is 1.19 bits per heavy atom. The zero-order chi connectivity index (χ0) is 18.1. The fraction of sp³-hybridized carbons (Fsp3) is 0.316. The highest BCUT2D eigenvalue weighted by atomic mass is 35.5. The van der Waals surface area contributed by atoms with E-state index >= 15 is 0 Å². The SMILES string of the molecule is O=C(Nc1cnc2sccn2c1=O)C1(c2ccc(Cl)cc2)CCCCC1. The molecule has 3 aromatic rings. The third kappa shape index (κ3) is 2.93. The highest BCUT2D eigenvalue weighted by Crippen LogP contribution is 2.40. The molecule has 1 aliphatic carbocycles. The van der Waals surface area contributed by atoms with Crippen molar-refractivity contribution in [1.29, 1.82) is 0 Å². The highest BCUT2D eigenvalue weighted by Gasteiger charge is 2.41. The number of rotatable bonds is 3. The number of hydrogen-bond acceptors (Lipinski definition) is 4. The molecule has 5 nitrogen and oxygen atoms in total. The summed E-state index contributed by atoms with van der Waals surface area (Å²) in [5.41, 5.74) is 0.268. The lowest BCUT2D eigenvalue weighted by molar-refractivity contribution is -0.122. The van der Waals surface area contributed by atoms with Crippen LogP contribution < -0.4 is 10.9 Å². The van der Waals surface area contributed by atoms with Crippen molar-refractivity contribution in [3.8, 4) is 0 Å². The number of carbonyl (C=O) groups excluding carboxylic acids is 1. The molecule has 0 saturated heterocycles. The lowest BCUT2D eigenvalue weighted by atomic mass is 9.68. The Hall–Kier alpha value is -2.18. The van der Waals surface area contributed by atoms with Crippen LogP contribution in [0.2, 0.25) is 5.02 Å². The topological polar surface area (TPSA) is 63.5 Å². The van der Waals surface area contributed by atoms with Gasteiger partial charge in [0, 0.05) is 16.6 Å². The van der Waals surface area contributed by atoms with Crippen LogP contribution in [0.1, 0.15) is 37.7 Å². The van der Waals surface area contributed by atoms with Gasteiger partial charge in [-0.2, -0.15) is 0 Å². The number of halogens is 1. The summed E-state index contributed by atoms with van der Waals surface area (Å²) in [5, 5.41) is 5.29. The van der Waals surface area contributed by atoms with Crippen LogP contribution >= 0.6 is 22.9 Å². The molecule has 7 heteroatoms. The Balaban J connectivity index is 1.71. The number of fused-ring (bicyclic) bond motifs is 1. The van der Waals surface area contributed by atoms with E-state index < -0.39 is 5.41 Å². The van der Waals surface area contributed by atoms with Crippen LogP contribution in [0.4, 0.5) is 5.69 Å². The maximum absolute atomic E-state index is 13.3. The molecule has 0 atom stereocenters. The first-order valence-corrected chi connectivity index (χ1v) is 9.88. The first-order chi connectivity index (χ1) is 12.6. The number of anilines is 1. The van der Waals surface area contributed by atoms with Gasteiger partial charge < -0.3 is 5.32 Å². The van der Waals surface area contributed by atoms with Gasteiger partial charge in [-0.05, 0) is 30.5 Å². The molecular formula is C19H18ClN3O2S. The van der Waals surface area contributed by atoms with Gasteiger partial charge in [0.15, 0.2) is 4.96 Å². The number of benzene rings is 1. The van der Waals surface area contributed by atoms with E-state index in [-0.39, 0.29) is 17.2 Å². The third-order valence-corrected chi connectivity index (χ3v) is 6.15. The second kappa shape index (κ2) is 6.85. The third-order valence-electron chi connectivity index (χ3n) is 5.13. The quantitative estimate of drug-likeness (QED) is 0.730. The average molecular weight is 388 g/mol. The molecule has 4 rings (SSSR count). The van der Waals surface area contributed by atoms with Gasteiger partial charge >= 0.3 is 0 Å². The molecule has 26 heavy (non-hydrogen) atoms. The minimum Gasteiger partial charge on any atom is -0.319 e. The molecule has 1 saturated carbocycles. The lowest BCUT2D eigenvalue weighted by Gasteiger charge is -2.36. The predicted octanol–water partition coefficient (Wildman–Crippen LogP) is 4.25. The summed E-state index contributed by atoms with van der Waals surface area (Å²) in [6.45, 7) is 0. The molecule has 1 amide bonds. The number of carbonyl (C=O) groups is 1. The first kappa shape index (κ1) is 17.2. The van der Waals surface area contributed by atoms with Gasteiger partial charge in [-0.15, -0.1) is 11.3 Å². The number of thiazole rings is 1. The number of nitrogens with one attached hydrogen (secondary N) is 1. The maximum atomic E-state index is 13.3. The summed E-state index contributed by atoms with van der Waals surface area (Å²) in [7, 11) is 0. The molecule has 134 valence electrons. The Morgan fingerprint density at radius 2 is 1.92 bits per heavy atom. The Bertz CT molecular complexity index is 1000. The first-order valence-electron chi connectivity index (χ1n) is 8.62. The minimum atomic E-state index is -0.635. The molecule has 0 bridgehead atoms. The van der Waals surface area contributed by atoms with Crippen molar-refractivity contribution < 1.29 is 4.79 Å². The maximum Gasteiger partial charge on any atom is 0.282 e. The lowest BCUT2D eigenvalue weighted by Crippen LogP contribution is -2.43. The number of aromatic nitrogens is 2. The van der Waals surface area contributed by atoms with Gasteiger partial charge in [-0.1, -0.05) is 43.0 Å². The molecule has 1 aliphatic rings. The average Bonchev–Trinajstić information content (AvgIpc) is 3.14. The van der Waals surface area contributed by atoms with Crippen molar-refractivity contribution in [3.05, 3.63) is 63.0 Å². The van der Waals surface area contributed by atoms with Crippen molar-refractivity contribution >= 4 is 39.5 Å². The second-order valence-corrected chi connectivity index (χ2v) is 7.95. The van der Waals surface area contributed by atoms with Crippen LogP contribution in [0, 0.1) is 0 Å². The van der Waals surface area contributed by atoms with Crippen molar-refractivity contribution in [2.45, 2.75) is 37.5 Å². The molecule has 1 aromatic carbocycles. The van der Waals surface area contributed by atoms with Crippen LogP contribution in [0.25, 0.3) is 4.96 Å². The molecule has 1 N–H and O–H groups in total. The second-order valence-electron chi connectivity index (χ2n) is 6.64. The largest absolute Gasteiger partial charge is 0.319 e. The predicted molar refractivity (Wildman–Crippen MR) is 104 cm³/mol. The van der Waals surface area contributed by atoms with Crippen molar-refractivity contribution in [3.63, 3.8) is 0 Å². The van der Waals surface area contributed by atoms with Crippen LogP contribution in [-0.2, 0) is 10.2 Å². The van der Waals surface area contributed by atoms with Gasteiger partial charge in [-0.25, -0.2) is 4.98 Å². The van der Waals surface area contributed by atoms with E-state index in [1.165, 1.54) is 21.9 Å². The van der Waals surface area contributed by atoms with Crippen LogP contribution in [0.3, 0.4) is 0 Å². The zero-order valence-corrected chi connectivity index (χ0v) is 15.6. The molecule has 2 aromatic heterocycles. The fourth-order valence-electron chi connectivity index (χ4n) is 3.72. The Morgan fingerprint density at radius 3 is 2.65 bits per heavy atom. The summed E-state index contributed by atoms with van der Waals surface area (Å²) in [5.74, 6) is -0.145. The molecular weight excluding hydrogens is 370 g/mol. The number of amides is 1. The highest BCUT2D eigenvalue weighted by molar-refractivity contribution is 7.15. The molecule has 0 spiro atoms. The van der Waals surface area contributed by atoms with E-state index in [2.05, 4.69) is 10.3 Å². The Kier molecular flexibility index (Phi) is 4.54. The molecule has 0 radical (unpaired) electrons. The molecule has 0 unspecified atom stereocenters. The number of hydrogen-bond donors (Lipinski definition) is 1. The van der Waals surface area contributed by atoms with E-state index in [0.29, 0.717) is 9.98 Å². The van der Waals surface area contributed by atoms with E-state index in [4.69, 9.17) is 11.6 Å². The van der Waals surface area contributed by atoms with Crippen LogP contribution in [0.5, 0.6) is 0 Å². The summed E-state index contributed by atoms with van der Waals surface area (Å²) in [4.78, 5) is 30.7. The fourth-order valence-corrected chi connectivity index (χ4v) is 4.52. The smallest absolute Gasteiger partial charge is 0.282 e. The van der Waals surface area contributed by atoms with Crippen LogP contribution in [0.15, 0.2) is 46.8 Å². The summed E-state index contributed by atoms with van der Waals surface area (Å²) >= 11 is 7.40. The van der Waals surface area contributed by atoms with Gasteiger partial charge in [0.2, 0.25) is 5.91 Å².